The summed E-state index contributed by atoms with van der Waals surface area (Å²) in [7, 11) is -7.55. The highest BCUT2D eigenvalue weighted by Gasteiger charge is 2.21. The van der Waals surface area contributed by atoms with Gasteiger partial charge in [-0.1, -0.05) is 0 Å². The highest BCUT2D eigenvalue weighted by atomic mass is 32.2. The first-order chi connectivity index (χ1) is 9.04. The smallest absolute Gasteiger partial charge is 0.265 e. The van der Waals surface area contributed by atoms with Crippen molar-refractivity contribution in [3.05, 3.63) is 24.3 Å². The van der Waals surface area contributed by atoms with Crippen molar-refractivity contribution in [3.8, 4) is 0 Å². The predicted molar refractivity (Wildman–Crippen MR) is 66.8 cm³/mol. The van der Waals surface area contributed by atoms with E-state index in [1.165, 1.54) is 0 Å². The van der Waals surface area contributed by atoms with Crippen molar-refractivity contribution < 1.29 is 30.7 Å². The molecule has 0 heterocycles. The van der Waals surface area contributed by atoms with E-state index in [1.54, 1.807) is 0 Å². The molecule has 0 fully saturated rings. The monoisotopic (exact) mass is 329 g/mol. The normalized spacial score (nSPS) is 14.4. The Morgan fingerprint density at radius 2 is 1.55 bits per heavy atom. The third-order valence-electron chi connectivity index (χ3n) is 2.34. The van der Waals surface area contributed by atoms with Crippen molar-refractivity contribution in [2.75, 3.05) is 12.8 Å². The van der Waals surface area contributed by atoms with Gasteiger partial charge in [0.25, 0.3) is 6.43 Å². The lowest BCUT2D eigenvalue weighted by Gasteiger charge is -2.11. The van der Waals surface area contributed by atoms with Crippen molar-refractivity contribution in [1.29, 1.82) is 0 Å². The molecule has 0 radical (unpaired) electrons. The van der Waals surface area contributed by atoms with Crippen LogP contribution < -0.4 is 4.72 Å². The molecule has 0 saturated carbocycles. The second kappa shape index (κ2) is 6.12. The molecule has 1 aromatic rings. The molecule has 114 valence electrons. The van der Waals surface area contributed by atoms with Crippen molar-refractivity contribution in [2.24, 2.45) is 0 Å². The lowest BCUT2D eigenvalue weighted by Crippen LogP contribution is -2.35. The van der Waals surface area contributed by atoms with Gasteiger partial charge in [0.2, 0.25) is 10.0 Å². The van der Waals surface area contributed by atoms with Crippen LogP contribution in [0.5, 0.6) is 0 Å². The Kier molecular flexibility index (Phi) is 5.19. The first-order valence-electron chi connectivity index (χ1n) is 5.30. The van der Waals surface area contributed by atoms with Crippen molar-refractivity contribution in [1.82, 2.24) is 4.72 Å². The summed E-state index contributed by atoms with van der Waals surface area (Å²) in [4.78, 5) is -0.351. The summed E-state index contributed by atoms with van der Waals surface area (Å²) in [5.41, 5.74) is 0. The molecule has 10 heteroatoms. The second-order valence-electron chi connectivity index (χ2n) is 4.00. The Morgan fingerprint density at radius 3 is 1.95 bits per heavy atom. The number of hydrogen-bond donors (Lipinski definition) is 2. The van der Waals surface area contributed by atoms with E-state index in [0.717, 1.165) is 30.5 Å². The zero-order chi connectivity index (χ0) is 15.6. The van der Waals surface area contributed by atoms with Gasteiger partial charge in [-0.15, -0.1) is 0 Å². The summed E-state index contributed by atoms with van der Waals surface area (Å²) in [6, 6.07) is 4.25. The molecule has 1 unspecified atom stereocenters. The van der Waals surface area contributed by atoms with Crippen LogP contribution >= 0.6 is 0 Å². The maximum atomic E-state index is 12.0. The Bertz CT molecular complexity index is 655. The number of hydrogen-bond acceptors (Lipinski definition) is 5. The molecule has 0 aliphatic heterocycles. The van der Waals surface area contributed by atoms with E-state index in [-0.39, 0.29) is 9.79 Å². The predicted octanol–water partition coefficient (Wildman–Crippen LogP) is -0.00560. The molecule has 0 bridgehead atoms. The van der Waals surface area contributed by atoms with Gasteiger partial charge in [-0.2, -0.15) is 0 Å². The van der Waals surface area contributed by atoms with Gasteiger partial charge in [0.1, 0.15) is 6.10 Å². The van der Waals surface area contributed by atoms with E-state index in [0.29, 0.717) is 0 Å². The van der Waals surface area contributed by atoms with Gasteiger partial charge >= 0.3 is 0 Å². The van der Waals surface area contributed by atoms with Crippen LogP contribution in [0.15, 0.2) is 34.1 Å². The van der Waals surface area contributed by atoms with E-state index >= 15 is 0 Å². The summed E-state index contributed by atoms with van der Waals surface area (Å²) in [6.45, 7) is -0.839. The fraction of sp³-hybridized carbons (Fsp3) is 0.400. The van der Waals surface area contributed by atoms with E-state index in [2.05, 4.69) is 0 Å². The zero-order valence-electron chi connectivity index (χ0n) is 10.3. The average Bonchev–Trinajstić information content (AvgIpc) is 2.35. The highest BCUT2D eigenvalue weighted by molar-refractivity contribution is 7.90. The molecule has 2 N–H and O–H groups in total. The van der Waals surface area contributed by atoms with E-state index in [4.69, 9.17) is 5.11 Å². The fourth-order valence-electron chi connectivity index (χ4n) is 1.23. The quantitative estimate of drug-likeness (QED) is 0.765. The van der Waals surface area contributed by atoms with Crippen LogP contribution in [-0.4, -0.2) is 47.3 Å². The lowest BCUT2D eigenvalue weighted by atomic mass is 10.4. The van der Waals surface area contributed by atoms with Crippen LogP contribution in [0.2, 0.25) is 0 Å². The van der Waals surface area contributed by atoms with Gasteiger partial charge in [-0.3, -0.25) is 0 Å². The number of nitrogens with one attached hydrogen (secondary N) is 1. The van der Waals surface area contributed by atoms with Crippen molar-refractivity contribution >= 4 is 19.9 Å². The minimum atomic E-state index is -4.09. The first kappa shape index (κ1) is 17.0. The molecule has 6 nitrogen and oxygen atoms in total. The molecule has 20 heavy (non-hydrogen) atoms. The molecule has 0 aliphatic carbocycles. The molecule has 1 aromatic carbocycles. The van der Waals surface area contributed by atoms with Gasteiger partial charge in [0, 0.05) is 12.8 Å². The molecule has 0 spiro atoms. The molecule has 0 aliphatic rings. The summed E-state index contributed by atoms with van der Waals surface area (Å²) < 4.78 is 71.7. The van der Waals surface area contributed by atoms with Gasteiger partial charge < -0.3 is 5.11 Å². The molecule has 1 atom stereocenters. The maximum absolute atomic E-state index is 12.0. The van der Waals surface area contributed by atoms with Crippen LogP contribution in [0, 0.1) is 0 Å². The number of alkyl halides is 2. The fourth-order valence-corrected chi connectivity index (χ4v) is 2.92. The SMILES string of the molecule is CS(=O)(=O)c1ccc(S(=O)(=O)NCC(O)C(F)F)cc1. The number of halogens is 2. The topological polar surface area (TPSA) is 101 Å². The number of benzene rings is 1. The van der Waals surface area contributed by atoms with Gasteiger partial charge in [0.05, 0.1) is 9.79 Å². The van der Waals surface area contributed by atoms with E-state index < -0.39 is 38.9 Å². The zero-order valence-corrected chi connectivity index (χ0v) is 12.0. The average molecular weight is 329 g/mol. The molecular formula is C10H13F2NO5S2. The number of aliphatic hydroxyl groups excluding tert-OH is 1. The molecule has 0 amide bonds. The molecule has 0 aromatic heterocycles. The number of sulfonamides is 1. The number of aliphatic hydroxyl groups is 1. The van der Waals surface area contributed by atoms with Crippen molar-refractivity contribution in [3.63, 3.8) is 0 Å². The van der Waals surface area contributed by atoms with Crippen LogP contribution in [0.25, 0.3) is 0 Å². The minimum absolute atomic E-state index is 0.0657. The second-order valence-corrected chi connectivity index (χ2v) is 7.78. The Morgan fingerprint density at radius 1 is 1.10 bits per heavy atom. The van der Waals surface area contributed by atoms with Gasteiger partial charge in [-0.05, 0) is 24.3 Å². The number of rotatable bonds is 6. The van der Waals surface area contributed by atoms with Gasteiger partial charge in [0.15, 0.2) is 9.84 Å². The Balaban J connectivity index is 2.89. The maximum Gasteiger partial charge on any atom is 0.265 e. The van der Waals surface area contributed by atoms with Crippen LogP contribution in [0.3, 0.4) is 0 Å². The summed E-state index contributed by atoms with van der Waals surface area (Å²) in [5, 5.41) is 8.83. The highest BCUT2D eigenvalue weighted by Crippen LogP contribution is 2.14. The van der Waals surface area contributed by atoms with Crippen LogP contribution in [0.4, 0.5) is 8.78 Å². The minimum Gasteiger partial charge on any atom is -0.386 e. The number of sulfone groups is 1. The lowest BCUT2D eigenvalue weighted by molar-refractivity contribution is -0.000451. The largest absolute Gasteiger partial charge is 0.386 e. The van der Waals surface area contributed by atoms with Gasteiger partial charge in [-0.25, -0.2) is 30.3 Å². The molecule has 0 saturated heterocycles. The Hall–Kier alpha value is -1.10. The van der Waals surface area contributed by atoms with E-state index in [9.17, 15) is 25.6 Å². The standard InChI is InChI=1S/C10H13F2NO5S2/c1-19(15,16)7-2-4-8(5-3-7)20(17,18)13-6-9(14)10(11)12/h2-5,9-10,13-14H,6H2,1H3. The summed E-state index contributed by atoms with van der Waals surface area (Å²) >= 11 is 0. The van der Waals surface area contributed by atoms with Crippen LogP contribution in [0.1, 0.15) is 0 Å². The molecular weight excluding hydrogens is 316 g/mol. The molecule has 1 rings (SSSR count). The summed E-state index contributed by atoms with van der Waals surface area (Å²) in [5.74, 6) is 0. The summed E-state index contributed by atoms with van der Waals surface area (Å²) in [6.07, 6.45) is -4.21. The van der Waals surface area contributed by atoms with Crippen LogP contribution in [-0.2, 0) is 19.9 Å². The Labute approximate surface area is 115 Å². The van der Waals surface area contributed by atoms with E-state index in [1.807, 2.05) is 4.72 Å². The third-order valence-corrected chi connectivity index (χ3v) is 4.90. The van der Waals surface area contributed by atoms with Crippen molar-refractivity contribution in [2.45, 2.75) is 22.3 Å². The first-order valence-corrected chi connectivity index (χ1v) is 8.67. The third kappa shape index (κ3) is 4.47.